The first-order valence-electron chi connectivity index (χ1n) is 8.25. The summed E-state index contributed by atoms with van der Waals surface area (Å²) in [6, 6.07) is 0.624. The van der Waals surface area contributed by atoms with Crippen molar-refractivity contribution in [2.24, 2.45) is 5.92 Å². The van der Waals surface area contributed by atoms with Crippen molar-refractivity contribution in [1.82, 2.24) is 10.2 Å². The molecule has 0 aromatic rings. The van der Waals surface area contributed by atoms with Crippen molar-refractivity contribution < 1.29 is 9.47 Å². The van der Waals surface area contributed by atoms with E-state index in [9.17, 15) is 0 Å². The Hall–Kier alpha value is -0.160. The minimum absolute atomic E-state index is 0.0349. The van der Waals surface area contributed by atoms with Gasteiger partial charge in [0.1, 0.15) is 0 Å². The summed E-state index contributed by atoms with van der Waals surface area (Å²) in [5.74, 6) is 0.733. The highest BCUT2D eigenvalue weighted by atomic mass is 16.6. The summed E-state index contributed by atoms with van der Waals surface area (Å²) < 4.78 is 11.7. The molecule has 1 N–H and O–H groups in total. The zero-order valence-corrected chi connectivity index (χ0v) is 13.5. The first-order valence-corrected chi connectivity index (χ1v) is 8.25. The average molecular weight is 284 g/mol. The maximum Gasteiger partial charge on any atom is 0.0939 e. The Morgan fingerprint density at radius 3 is 2.85 bits per heavy atom. The molecule has 2 aliphatic rings. The van der Waals surface area contributed by atoms with Crippen LogP contribution in [0.5, 0.6) is 0 Å². The van der Waals surface area contributed by atoms with Crippen LogP contribution in [0.15, 0.2) is 0 Å². The van der Waals surface area contributed by atoms with Gasteiger partial charge in [0.05, 0.1) is 12.2 Å². The predicted octanol–water partition coefficient (Wildman–Crippen LogP) is 1.89. The zero-order chi connectivity index (χ0) is 14.4. The van der Waals surface area contributed by atoms with Gasteiger partial charge in [0.15, 0.2) is 0 Å². The van der Waals surface area contributed by atoms with E-state index in [1.165, 1.54) is 25.7 Å². The van der Waals surface area contributed by atoms with Gasteiger partial charge in [-0.15, -0.1) is 0 Å². The van der Waals surface area contributed by atoms with Crippen LogP contribution in [0, 0.1) is 5.92 Å². The Morgan fingerprint density at radius 1 is 1.35 bits per heavy atom. The third kappa shape index (κ3) is 4.42. The molecule has 2 fully saturated rings. The highest BCUT2D eigenvalue weighted by Gasteiger charge is 2.42. The summed E-state index contributed by atoms with van der Waals surface area (Å²) in [6.07, 6.45) is 5.88. The predicted molar refractivity (Wildman–Crippen MR) is 82.1 cm³/mol. The number of hydrogen-bond acceptors (Lipinski definition) is 4. The van der Waals surface area contributed by atoms with E-state index >= 15 is 0 Å². The maximum absolute atomic E-state index is 6.07. The van der Waals surface area contributed by atoms with Crippen molar-refractivity contribution in [3.8, 4) is 0 Å². The third-order valence-electron chi connectivity index (χ3n) is 4.71. The van der Waals surface area contributed by atoms with E-state index in [-0.39, 0.29) is 5.60 Å². The topological polar surface area (TPSA) is 33.7 Å². The van der Waals surface area contributed by atoms with Crippen LogP contribution in [0.2, 0.25) is 0 Å². The largest absolute Gasteiger partial charge is 0.378 e. The lowest BCUT2D eigenvalue weighted by molar-refractivity contribution is -0.103. The van der Waals surface area contributed by atoms with Gasteiger partial charge in [0.2, 0.25) is 0 Å². The molecule has 2 rings (SSSR count). The summed E-state index contributed by atoms with van der Waals surface area (Å²) >= 11 is 0. The van der Waals surface area contributed by atoms with Crippen molar-refractivity contribution in [3.63, 3.8) is 0 Å². The summed E-state index contributed by atoms with van der Waals surface area (Å²) in [5, 5.41) is 3.78. The average Bonchev–Trinajstić information content (AvgIpc) is 2.86. The summed E-state index contributed by atoms with van der Waals surface area (Å²) in [6.45, 7) is 7.10. The quantitative estimate of drug-likeness (QED) is 0.774. The molecule has 0 bridgehead atoms. The molecular weight excluding hydrogens is 252 g/mol. The van der Waals surface area contributed by atoms with E-state index in [1.54, 1.807) is 0 Å². The second-order valence-corrected chi connectivity index (χ2v) is 6.74. The third-order valence-corrected chi connectivity index (χ3v) is 4.71. The second-order valence-electron chi connectivity index (χ2n) is 6.74. The normalized spacial score (nSPS) is 32.1. The van der Waals surface area contributed by atoms with Crippen molar-refractivity contribution >= 4 is 0 Å². The number of rotatable bonds is 7. The first-order chi connectivity index (χ1) is 9.65. The van der Waals surface area contributed by atoms with Gasteiger partial charge in [0, 0.05) is 25.7 Å². The molecule has 3 unspecified atom stereocenters. The van der Waals surface area contributed by atoms with E-state index < -0.39 is 0 Å². The second kappa shape index (κ2) is 7.74. The Kier molecular flexibility index (Phi) is 6.27. The van der Waals surface area contributed by atoms with Gasteiger partial charge in [-0.2, -0.15) is 0 Å². The molecule has 0 radical (unpaired) electrons. The van der Waals surface area contributed by atoms with Crippen LogP contribution in [0.25, 0.3) is 0 Å². The lowest BCUT2D eigenvalue weighted by Gasteiger charge is -2.41. The van der Waals surface area contributed by atoms with Crippen LogP contribution in [0.1, 0.15) is 39.0 Å². The van der Waals surface area contributed by atoms with Gasteiger partial charge >= 0.3 is 0 Å². The fraction of sp³-hybridized carbons (Fsp3) is 1.00. The number of nitrogens with zero attached hydrogens (tertiary/aromatic N) is 1. The first kappa shape index (κ1) is 16.2. The summed E-state index contributed by atoms with van der Waals surface area (Å²) in [5.41, 5.74) is 0.0349. The van der Waals surface area contributed by atoms with Crippen molar-refractivity contribution in [2.75, 3.05) is 47.0 Å². The van der Waals surface area contributed by atoms with Crippen molar-refractivity contribution in [2.45, 2.75) is 50.7 Å². The Balaban J connectivity index is 1.91. The van der Waals surface area contributed by atoms with Gasteiger partial charge in [0.25, 0.3) is 0 Å². The number of nitrogens with one attached hydrogen (secondary N) is 1. The van der Waals surface area contributed by atoms with E-state index in [0.717, 1.165) is 45.2 Å². The van der Waals surface area contributed by atoms with Gasteiger partial charge in [-0.3, -0.25) is 0 Å². The Bertz CT molecular complexity index is 278. The lowest BCUT2D eigenvalue weighted by atomic mass is 9.80. The van der Waals surface area contributed by atoms with Gasteiger partial charge in [-0.1, -0.05) is 6.92 Å². The van der Waals surface area contributed by atoms with Crippen LogP contribution >= 0.6 is 0 Å². The van der Waals surface area contributed by atoms with Crippen LogP contribution < -0.4 is 5.32 Å². The molecule has 2 saturated heterocycles. The lowest BCUT2D eigenvalue weighted by Crippen LogP contribution is -2.48. The minimum atomic E-state index is 0.0349. The summed E-state index contributed by atoms with van der Waals surface area (Å²) in [4.78, 5) is 2.29. The highest BCUT2D eigenvalue weighted by Crippen LogP contribution is 2.37. The molecule has 0 saturated carbocycles. The molecule has 0 amide bonds. The van der Waals surface area contributed by atoms with Crippen LogP contribution in [-0.2, 0) is 9.47 Å². The van der Waals surface area contributed by atoms with E-state index in [1.807, 2.05) is 0 Å². The monoisotopic (exact) mass is 284 g/mol. The van der Waals surface area contributed by atoms with E-state index in [2.05, 4.69) is 31.2 Å². The van der Waals surface area contributed by atoms with Crippen LogP contribution in [0.4, 0.5) is 0 Å². The minimum Gasteiger partial charge on any atom is -0.378 e. The van der Waals surface area contributed by atoms with Gasteiger partial charge < -0.3 is 19.7 Å². The molecule has 4 nitrogen and oxygen atoms in total. The number of hydrogen-bond donors (Lipinski definition) is 1. The smallest absolute Gasteiger partial charge is 0.0939 e. The van der Waals surface area contributed by atoms with Crippen molar-refractivity contribution in [3.05, 3.63) is 0 Å². The molecule has 1 spiro atoms. The molecule has 20 heavy (non-hydrogen) atoms. The molecule has 2 heterocycles. The van der Waals surface area contributed by atoms with Crippen LogP contribution in [-0.4, -0.2) is 63.5 Å². The molecule has 0 aromatic carbocycles. The Labute approximate surface area is 124 Å². The molecule has 2 aliphatic heterocycles. The number of ether oxygens (including phenoxy) is 2. The molecule has 118 valence electrons. The summed E-state index contributed by atoms with van der Waals surface area (Å²) in [7, 11) is 4.32. The zero-order valence-electron chi connectivity index (χ0n) is 13.5. The van der Waals surface area contributed by atoms with Crippen molar-refractivity contribution in [1.29, 1.82) is 0 Å². The highest BCUT2D eigenvalue weighted by molar-refractivity contribution is 4.93. The standard InChI is InChI=1S/C16H32N2O2/c1-4-8-17-15(5-9-18(2)3)14-6-10-20-16(12-14)7-11-19-13-16/h14-15,17H,4-13H2,1-3H3. The SMILES string of the molecule is CCCNC(CCN(C)C)C1CCOC2(CCOC2)C1. The molecule has 0 aromatic heterocycles. The maximum atomic E-state index is 6.07. The molecule has 4 heteroatoms. The van der Waals surface area contributed by atoms with Gasteiger partial charge in [-0.05, 0) is 58.8 Å². The molecule has 0 aliphatic carbocycles. The van der Waals surface area contributed by atoms with Gasteiger partial charge in [-0.25, -0.2) is 0 Å². The van der Waals surface area contributed by atoms with E-state index in [4.69, 9.17) is 9.47 Å². The molecule has 3 atom stereocenters. The fourth-order valence-electron chi connectivity index (χ4n) is 3.50. The molecular formula is C16H32N2O2. The van der Waals surface area contributed by atoms with E-state index in [0.29, 0.717) is 6.04 Å². The van der Waals surface area contributed by atoms with Crippen LogP contribution in [0.3, 0.4) is 0 Å². The fourth-order valence-corrected chi connectivity index (χ4v) is 3.50. The Morgan fingerprint density at radius 2 is 2.20 bits per heavy atom.